The molecule has 3 rings (SSSR count). The molecule has 5 heteroatoms. The molecule has 1 saturated carbocycles. The maximum Gasteiger partial charge on any atom is 0.254 e. The molecule has 1 aromatic carbocycles. The van der Waals surface area contributed by atoms with E-state index >= 15 is 0 Å². The quantitative estimate of drug-likeness (QED) is 0.889. The summed E-state index contributed by atoms with van der Waals surface area (Å²) in [5.41, 5.74) is 0.726. The second-order valence-electron chi connectivity index (χ2n) is 5.57. The predicted molar refractivity (Wildman–Crippen MR) is 80.6 cm³/mol. The fourth-order valence-corrected chi connectivity index (χ4v) is 2.81. The highest BCUT2D eigenvalue weighted by molar-refractivity contribution is 5.95. The van der Waals surface area contributed by atoms with Crippen LogP contribution in [0.1, 0.15) is 25.7 Å². The third kappa shape index (κ3) is 3.74. The second-order valence-corrected chi connectivity index (χ2v) is 5.57. The topological polar surface area (TPSA) is 59.6 Å². The smallest absolute Gasteiger partial charge is 0.254 e. The van der Waals surface area contributed by atoms with E-state index in [9.17, 15) is 4.79 Å². The predicted octanol–water partition coefficient (Wildman–Crippen LogP) is 1.93. The normalized spacial score (nSPS) is 23.0. The number of benzene rings is 1. The van der Waals surface area contributed by atoms with Crippen LogP contribution in [0, 0.1) is 0 Å². The maximum absolute atomic E-state index is 12.2. The first kappa shape index (κ1) is 14.4. The average molecular weight is 290 g/mol. The molecule has 0 bridgehead atoms. The van der Waals surface area contributed by atoms with E-state index < -0.39 is 6.10 Å². The highest BCUT2D eigenvalue weighted by Crippen LogP contribution is 2.29. The zero-order valence-corrected chi connectivity index (χ0v) is 12.1. The van der Waals surface area contributed by atoms with E-state index in [1.165, 1.54) is 12.8 Å². The Kier molecular flexibility index (Phi) is 4.72. The molecule has 114 valence electrons. The lowest BCUT2D eigenvalue weighted by Crippen LogP contribution is -2.45. The lowest BCUT2D eigenvalue weighted by atomic mass is 10.2. The Morgan fingerprint density at radius 1 is 1.29 bits per heavy atom. The molecule has 2 fully saturated rings. The van der Waals surface area contributed by atoms with Crippen molar-refractivity contribution in [3.63, 3.8) is 0 Å². The van der Waals surface area contributed by atoms with E-state index in [2.05, 4.69) is 10.6 Å². The summed E-state index contributed by atoms with van der Waals surface area (Å²) in [4.78, 5) is 12.2. The van der Waals surface area contributed by atoms with Gasteiger partial charge in [-0.3, -0.25) is 4.79 Å². The Morgan fingerprint density at radius 3 is 2.86 bits per heavy atom. The van der Waals surface area contributed by atoms with E-state index in [1.807, 2.05) is 24.3 Å². The van der Waals surface area contributed by atoms with Gasteiger partial charge in [0.1, 0.15) is 11.9 Å². The van der Waals surface area contributed by atoms with Gasteiger partial charge in [0.05, 0.1) is 18.4 Å². The van der Waals surface area contributed by atoms with Crippen molar-refractivity contribution >= 4 is 11.6 Å². The van der Waals surface area contributed by atoms with E-state index in [-0.39, 0.29) is 12.0 Å². The van der Waals surface area contributed by atoms with E-state index in [0.29, 0.717) is 13.2 Å². The Balaban J connectivity index is 1.65. The van der Waals surface area contributed by atoms with E-state index in [1.54, 1.807) is 0 Å². The molecular formula is C16H22N2O3. The number of hydrogen-bond donors (Lipinski definition) is 2. The molecule has 1 atom stereocenters. The molecule has 0 radical (unpaired) electrons. The summed E-state index contributed by atoms with van der Waals surface area (Å²) in [6.45, 7) is 1.92. The Morgan fingerprint density at radius 2 is 2.10 bits per heavy atom. The van der Waals surface area contributed by atoms with Crippen molar-refractivity contribution < 1.29 is 14.3 Å². The summed E-state index contributed by atoms with van der Waals surface area (Å²) in [5.74, 6) is 0.631. The lowest BCUT2D eigenvalue weighted by molar-refractivity contribution is -0.128. The van der Waals surface area contributed by atoms with Crippen LogP contribution in [0.4, 0.5) is 5.69 Å². The number of carbonyl (C=O) groups excluding carboxylic acids is 1. The molecule has 21 heavy (non-hydrogen) atoms. The Bertz CT molecular complexity index is 480. The fraction of sp³-hybridized carbons (Fsp3) is 0.562. The van der Waals surface area contributed by atoms with Crippen molar-refractivity contribution in [1.29, 1.82) is 0 Å². The molecule has 1 saturated heterocycles. The number of ether oxygens (including phenoxy) is 2. The van der Waals surface area contributed by atoms with Gasteiger partial charge in [0.2, 0.25) is 0 Å². The van der Waals surface area contributed by atoms with Gasteiger partial charge in [0.25, 0.3) is 5.91 Å². The molecule has 1 aliphatic carbocycles. The highest BCUT2D eigenvalue weighted by atomic mass is 16.5. The van der Waals surface area contributed by atoms with Gasteiger partial charge in [0, 0.05) is 13.1 Å². The van der Waals surface area contributed by atoms with Gasteiger partial charge in [0.15, 0.2) is 0 Å². The van der Waals surface area contributed by atoms with Gasteiger partial charge >= 0.3 is 0 Å². The van der Waals surface area contributed by atoms with Gasteiger partial charge in [-0.15, -0.1) is 0 Å². The largest absolute Gasteiger partial charge is 0.488 e. The van der Waals surface area contributed by atoms with Gasteiger partial charge in [-0.1, -0.05) is 12.1 Å². The van der Waals surface area contributed by atoms with Crippen molar-refractivity contribution in [2.45, 2.75) is 37.9 Å². The minimum absolute atomic E-state index is 0.121. The van der Waals surface area contributed by atoms with Crippen LogP contribution in [0.5, 0.6) is 5.75 Å². The van der Waals surface area contributed by atoms with Crippen LogP contribution in [0.25, 0.3) is 0 Å². The summed E-state index contributed by atoms with van der Waals surface area (Å²) < 4.78 is 11.5. The van der Waals surface area contributed by atoms with Crippen molar-refractivity contribution in [1.82, 2.24) is 5.32 Å². The van der Waals surface area contributed by atoms with E-state index in [4.69, 9.17) is 9.47 Å². The summed E-state index contributed by atoms with van der Waals surface area (Å²) in [6.07, 6.45) is 4.48. The first-order valence-electron chi connectivity index (χ1n) is 7.72. The zero-order chi connectivity index (χ0) is 14.5. The molecule has 2 aliphatic rings. The molecule has 1 aliphatic heterocycles. The number of nitrogens with one attached hydrogen (secondary N) is 2. The Hall–Kier alpha value is -1.59. The number of rotatable bonds is 4. The third-order valence-electron chi connectivity index (χ3n) is 3.96. The van der Waals surface area contributed by atoms with Crippen LogP contribution in [-0.2, 0) is 9.53 Å². The van der Waals surface area contributed by atoms with E-state index in [0.717, 1.165) is 30.8 Å². The highest BCUT2D eigenvalue weighted by Gasteiger charge is 2.23. The minimum Gasteiger partial charge on any atom is -0.488 e. The molecule has 2 N–H and O–H groups in total. The van der Waals surface area contributed by atoms with Gasteiger partial charge < -0.3 is 20.1 Å². The Labute approximate surface area is 125 Å². The number of hydrogen-bond acceptors (Lipinski definition) is 4. The van der Waals surface area contributed by atoms with Crippen LogP contribution in [0.3, 0.4) is 0 Å². The SMILES string of the molecule is O=C(Nc1ccccc1OC1CCCC1)C1CNCCO1. The fourth-order valence-electron chi connectivity index (χ4n) is 2.81. The van der Waals surface area contributed by atoms with Crippen LogP contribution in [0.15, 0.2) is 24.3 Å². The number of para-hydroxylation sites is 2. The molecule has 0 spiro atoms. The summed E-state index contributed by atoms with van der Waals surface area (Å²) >= 11 is 0. The van der Waals surface area contributed by atoms with Crippen LogP contribution in [0.2, 0.25) is 0 Å². The lowest BCUT2D eigenvalue weighted by Gasteiger charge is -2.23. The monoisotopic (exact) mass is 290 g/mol. The average Bonchev–Trinajstić information content (AvgIpc) is 3.03. The number of anilines is 1. The molecule has 1 amide bonds. The zero-order valence-electron chi connectivity index (χ0n) is 12.1. The van der Waals surface area contributed by atoms with Gasteiger partial charge in [-0.25, -0.2) is 0 Å². The third-order valence-corrected chi connectivity index (χ3v) is 3.96. The van der Waals surface area contributed by atoms with Crippen molar-refractivity contribution in [2.24, 2.45) is 0 Å². The number of carbonyl (C=O) groups is 1. The first-order valence-corrected chi connectivity index (χ1v) is 7.72. The maximum atomic E-state index is 12.2. The molecule has 0 aromatic heterocycles. The summed E-state index contributed by atoms with van der Waals surface area (Å²) in [7, 11) is 0. The molecule has 1 unspecified atom stereocenters. The number of morpholine rings is 1. The molecule has 5 nitrogen and oxygen atoms in total. The summed E-state index contributed by atoms with van der Waals surface area (Å²) in [5, 5.41) is 6.08. The minimum atomic E-state index is -0.432. The first-order chi connectivity index (χ1) is 10.3. The van der Waals surface area contributed by atoms with Crippen molar-refractivity contribution in [3.05, 3.63) is 24.3 Å². The molecule has 1 heterocycles. The van der Waals surface area contributed by atoms with Gasteiger partial charge in [-0.2, -0.15) is 0 Å². The second kappa shape index (κ2) is 6.91. The summed E-state index contributed by atoms with van der Waals surface area (Å²) in [6, 6.07) is 7.61. The van der Waals surface area contributed by atoms with Gasteiger partial charge in [-0.05, 0) is 37.8 Å². The molecular weight excluding hydrogens is 268 g/mol. The van der Waals surface area contributed by atoms with Crippen molar-refractivity contribution in [3.8, 4) is 5.75 Å². The van der Waals surface area contributed by atoms with Crippen LogP contribution < -0.4 is 15.4 Å². The molecule has 1 aromatic rings. The van der Waals surface area contributed by atoms with Crippen LogP contribution >= 0.6 is 0 Å². The number of amides is 1. The van der Waals surface area contributed by atoms with Crippen LogP contribution in [-0.4, -0.2) is 37.8 Å². The van der Waals surface area contributed by atoms with Crippen molar-refractivity contribution in [2.75, 3.05) is 25.0 Å². The standard InChI is InChI=1S/C16H22N2O3/c19-16(15-11-17-9-10-20-15)18-13-7-3-4-8-14(13)21-12-5-1-2-6-12/h3-4,7-8,12,15,17H,1-2,5-6,9-11H2,(H,18,19).